The molecule has 1 aliphatic heterocycles. The third-order valence-corrected chi connectivity index (χ3v) is 5.41. The molecule has 1 aliphatic carbocycles. The first-order valence-electron chi connectivity index (χ1n) is 10.9. The van der Waals surface area contributed by atoms with Gasteiger partial charge in [0.1, 0.15) is 0 Å². The molecular formula is C28H26ClN3OPd. The van der Waals surface area contributed by atoms with E-state index in [2.05, 4.69) is 103 Å². The van der Waals surface area contributed by atoms with Gasteiger partial charge in [0.05, 0.1) is 6.67 Å². The van der Waals surface area contributed by atoms with Crippen LogP contribution in [-0.4, -0.2) is 19.8 Å². The van der Waals surface area contributed by atoms with E-state index in [9.17, 15) is 4.91 Å². The summed E-state index contributed by atoms with van der Waals surface area (Å²) in [6.45, 7) is 3.17. The van der Waals surface area contributed by atoms with Crippen molar-refractivity contribution in [3.63, 3.8) is 0 Å². The Kier molecular flexibility index (Phi) is 10.7. The minimum Gasteiger partial charge on any atom is -0.352 e. The van der Waals surface area contributed by atoms with Crippen molar-refractivity contribution < 1.29 is 18.2 Å². The van der Waals surface area contributed by atoms with Crippen LogP contribution in [0.3, 0.4) is 0 Å². The molecule has 2 aliphatic rings. The Hall–Kier alpha value is -3.10. The first-order valence-corrected chi connectivity index (χ1v) is 12.9. The number of allylic oxidation sites excluding steroid dienone is 5. The van der Waals surface area contributed by atoms with Gasteiger partial charge >= 0.3 is 27.7 Å². The van der Waals surface area contributed by atoms with Gasteiger partial charge in [-0.1, -0.05) is 71.9 Å². The van der Waals surface area contributed by atoms with Crippen LogP contribution in [0.25, 0.3) is 5.70 Å². The van der Waals surface area contributed by atoms with E-state index in [-0.39, 0.29) is 0 Å². The largest absolute Gasteiger partial charge is 0.352 e. The molecule has 0 aromatic heterocycles. The quantitative estimate of drug-likeness (QED) is 0.193. The van der Waals surface area contributed by atoms with Crippen LogP contribution in [0.15, 0.2) is 126 Å². The molecule has 34 heavy (non-hydrogen) atoms. The van der Waals surface area contributed by atoms with Gasteiger partial charge in [0.15, 0.2) is 0 Å². The molecule has 1 fully saturated rings. The third kappa shape index (κ3) is 7.20. The number of para-hydroxylation sites is 2. The Morgan fingerprint density at radius 2 is 1.26 bits per heavy atom. The second-order valence-electron chi connectivity index (χ2n) is 7.51. The second kappa shape index (κ2) is 14.2. The second-order valence-corrected chi connectivity index (χ2v) is 7.51. The van der Waals surface area contributed by atoms with E-state index >= 15 is 0 Å². The maximum atomic E-state index is 10.8. The maximum Gasteiger partial charge on any atom is 0.0904 e. The summed E-state index contributed by atoms with van der Waals surface area (Å²) in [6.07, 6.45) is 9.46. The van der Waals surface area contributed by atoms with Crippen LogP contribution < -0.4 is 9.80 Å². The monoisotopic (exact) mass is 561 g/mol. The van der Waals surface area contributed by atoms with E-state index in [1.807, 2.05) is 61.1 Å². The maximum absolute atomic E-state index is 10.8. The molecule has 0 spiro atoms. The SMILES string of the molecule is O=N/C(=C1/C=CC=C[CH-]1)c1ccccc1.[Cl][Pd+].c1ccc(N2CCN(c3ccccc3)C2)cc1. The minimum absolute atomic E-state index is 0.483. The molecule has 0 saturated carbocycles. The Bertz CT molecular complexity index is 1060. The summed E-state index contributed by atoms with van der Waals surface area (Å²) in [5.41, 5.74) is 4.80. The zero-order chi connectivity index (χ0) is 24.0. The van der Waals surface area contributed by atoms with Crippen LogP contribution in [0.5, 0.6) is 0 Å². The van der Waals surface area contributed by atoms with Crippen molar-refractivity contribution in [1.82, 2.24) is 0 Å². The molecular weight excluding hydrogens is 536 g/mol. The van der Waals surface area contributed by atoms with Gasteiger partial charge < -0.3 is 9.80 Å². The van der Waals surface area contributed by atoms with Gasteiger partial charge in [-0.2, -0.15) is 4.91 Å². The van der Waals surface area contributed by atoms with Gasteiger partial charge in [-0.3, -0.25) is 0 Å². The zero-order valence-electron chi connectivity index (χ0n) is 18.6. The molecule has 176 valence electrons. The molecule has 6 heteroatoms. The Morgan fingerprint density at radius 3 is 1.71 bits per heavy atom. The van der Waals surface area contributed by atoms with Crippen LogP contribution in [0.2, 0.25) is 0 Å². The molecule has 0 atom stereocenters. The molecule has 0 amide bonds. The molecule has 0 N–H and O–H groups in total. The van der Waals surface area contributed by atoms with E-state index < -0.39 is 0 Å². The van der Waals surface area contributed by atoms with E-state index in [1.54, 1.807) is 0 Å². The number of hydrogen-bond acceptors (Lipinski definition) is 4. The van der Waals surface area contributed by atoms with Gasteiger partial charge in [0, 0.05) is 30.2 Å². The summed E-state index contributed by atoms with van der Waals surface area (Å²) < 4.78 is 0. The molecule has 0 bridgehead atoms. The Labute approximate surface area is 216 Å². The normalized spacial score (nSPS) is 15.4. The predicted molar refractivity (Wildman–Crippen MR) is 140 cm³/mol. The molecule has 1 heterocycles. The Morgan fingerprint density at radius 1 is 0.765 bits per heavy atom. The van der Waals surface area contributed by atoms with Gasteiger partial charge in [0.25, 0.3) is 0 Å². The van der Waals surface area contributed by atoms with Crippen molar-refractivity contribution in [1.29, 1.82) is 0 Å². The van der Waals surface area contributed by atoms with Crippen LogP contribution >= 0.6 is 9.53 Å². The molecule has 0 radical (unpaired) electrons. The average molecular weight is 562 g/mol. The summed E-state index contributed by atoms with van der Waals surface area (Å²) in [5.74, 6) is 0. The van der Waals surface area contributed by atoms with Gasteiger partial charge in [-0.25, -0.2) is 0 Å². The standard InChI is InChI=1S/C15H16N2.C13H10NO.ClH.Pd/c1-3-7-14(8-4-1)16-11-12-17(13-16)15-9-5-2-6-10-15;15-14-13(11-7-3-1-4-8-11)12-9-5-2-6-10-12;;/h1-10H,11-13H2;1-10H;1H;/q;-1;;+2/p-1. The van der Waals surface area contributed by atoms with Crippen molar-refractivity contribution in [2.75, 3.05) is 29.6 Å². The fraction of sp³-hybridized carbons (Fsp3) is 0.107. The number of hydrogen-bond donors (Lipinski definition) is 0. The Balaban J connectivity index is 0.000000179. The molecule has 5 rings (SSSR count). The van der Waals surface area contributed by atoms with E-state index in [0.717, 1.165) is 30.9 Å². The van der Waals surface area contributed by atoms with Crippen molar-refractivity contribution in [3.8, 4) is 0 Å². The van der Waals surface area contributed by atoms with Crippen molar-refractivity contribution >= 4 is 26.6 Å². The van der Waals surface area contributed by atoms with Crippen molar-refractivity contribution in [2.45, 2.75) is 0 Å². The van der Waals surface area contributed by atoms with Crippen LogP contribution in [0, 0.1) is 11.3 Å². The van der Waals surface area contributed by atoms with Crippen LogP contribution in [0.1, 0.15) is 5.56 Å². The van der Waals surface area contributed by atoms with E-state index in [1.165, 1.54) is 11.4 Å². The number of nitrogens with zero attached hydrogens (tertiary/aromatic N) is 3. The summed E-state index contributed by atoms with van der Waals surface area (Å²) in [7, 11) is 4.49. The molecule has 3 aromatic rings. The van der Waals surface area contributed by atoms with Crippen LogP contribution in [-0.2, 0) is 18.2 Å². The predicted octanol–water partition coefficient (Wildman–Crippen LogP) is 7.15. The summed E-state index contributed by atoms with van der Waals surface area (Å²) >= 11 is 2.22. The average Bonchev–Trinajstić information content (AvgIpc) is 3.44. The molecule has 4 nitrogen and oxygen atoms in total. The van der Waals surface area contributed by atoms with Gasteiger partial charge in [-0.15, -0.1) is 36.3 Å². The van der Waals surface area contributed by atoms with Crippen LogP contribution in [0.4, 0.5) is 11.4 Å². The number of rotatable bonds is 4. The first kappa shape index (κ1) is 25.5. The smallest absolute Gasteiger partial charge is 0.0904 e. The number of benzene rings is 3. The third-order valence-electron chi connectivity index (χ3n) is 5.41. The topological polar surface area (TPSA) is 35.9 Å². The first-order chi connectivity index (χ1) is 16.8. The summed E-state index contributed by atoms with van der Waals surface area (Å²) in [6, 6.07) is 30.7. The summed E-state index contributed by atoms with van der Waals surface area (Å²) in [4.78, 5) is 15.6. The van der Waals surface area contributed by atoms with E-state index in [4.69, 9.17) is 0 Å². The molecule has 0 unspecified atom stereocenters. The molecule has 1 saturated heterocycles. The number of anilines is 2. The molecule has 3 aromatic carbocycles. The minimum atomic E-state index is 0.483. The van der Waals surface area contributed by atoms with E-state index in [0.29, 0.717) is 5.70 Å². The number of nitroso groups, excluding NO2 is 1. The van der Waals surface area contributed by atoms with Gasteiger partial charge in [0.2, 0.25) is 0 Å². The van der Waals surface area contributed by atoms with Crippen molar-refractivity contribution in [3.05, 3.63) is 138 Å². The number of halogens is 1. The van der Waals surface area contributed by atoms with Crippen molar-refractivity contribution in [2.24, 2.45) is 5.18 Å². The van der Waals surface area contributed by atoms with Gasteiger partial charge in [-0.05, 0) is 29.8 Å². The fourth-order valence-corrected chi connectivity index (χ4v) is 3.75. The fourth-order valence-electron chi connectivity index (χ4n) is 3.75. The summed E-state index contributed by atoms with van der Waals surface area (Å²) in [5, 5.41) is 3.10. The zero-order valence-corrected chi connectivity index (χ0v) is 20.9.